The molecule has 0 amide bonds. The summed E-state index contributed by atoms with van der Waals surface area (Å²) < 4.78 is 5.22. The Kier molecular flexibility index (Phi) is 3.34. The van der Waals surface area contributed by atoms with Crippen LogP contribution in [0.1, 0.15) is 48.5 Å². The summed E-state index contributed by atoms with van der Waals surface area (Å²) in [5.74, 6) is 1.51. The highest BCUT2D eigenvalue weighted by atomic mass is 16.5. The van der Waals surface area contributed by atoms with Crippen LogP contribution >= 0.6 is 0 Å². The molecule has 0 bridgehead atoms. The van der Waals surface area contributed by atoms with E-state index in [4.69, 9.17) is 4.52 Å². The molecule has 1 aliphatic rings. The van der Waals surface area contributed by atoms with Crippen molar-refractivity contribution in [2.45, 2.75) is 44.6 Å². The highest BCUT2D eigenvalue weighted by molar-refractivity contribution is 5.36. The van der Waals surface area contributed by atoms with Crippen molar-refractivity contribution in [3.63, 3.8) is 0 Å². The van der Waals surface area contributed by atoms with Gasteiger partial charge in [0.05, 0.1) is 12.5 Å². The van der Waals surface area contributed by atoms with Gasteiger partial charge in [0.15, 0.2) is 5.82 Å². The van der Waals surface area contributed by atoms with E-state index in [1.807, 2.05) is 0 Å². The molecule has 3 rings (SSSR count). The summed E-state index contributed by atoms with van der Waals surface area (Å²) in [6, 6.07) is 8.48. The molecule has 1 N–H and O–H groups in total. The van der Waals surface area contributed by atoms with Gasteiger partial charge in [0.25, 0.3) is 0 Å². The number of benzene rings is 1. The van der Waals surface area contributed by atoms with E-state index in [-0.39, 0.29) is 5.92 Å². The molecule has 2 atom stereocenters. The molecular formula is C15H18N2O2. The largest absolute Gasteiger partial charge is 0.393 e. The molecule has 1 aromatic heterocycles. The van der Waals surface area contributed by atoms with Gasteiger partial charge in [0.1, 0.15) is 0 Å². The Bertz CT molecular complexity index is 563. The molecule has 4 heteroatoms. The lowest BCUT2D eigenvalue weighted by Crippen LogP contribution is -2.12. The summed E-state index contributed by atoms with van der Waals surface area (Å²) in [5.41, 5.74) is 2.71. The molecule has 2 aromatic rings. The van der Waals surface area contributed by atoms with Crippen LogP contribution in [-0.4, -0.2) is 21.4 Å². The number of aliphatic hydroxyl groups excluding tert-OH is 1. The third-order valence-corrected chi connectivity index (χ3v) is 3.63. The Morgan fingerprint density at radius 2 is 2.26 bits per heavy atom. The summed E-state index contributed by atoms with van der Waals surface area (Å²) in [5, 5.41) is 13.4. The fraction of sp³-hybridized carbons (Fsp3) is 0.467. The second-order valence-corrected chi connectivity index (χ2v) is 5.24. The molecule has 1 heterocycles. The minimum Gasteiger partial charge on any atom is -0.393 e. The third kappa shape index (κ3) is 2.54. The van der Waals surface area contributed by atoms with Crippen molar-refractivity contribution in [2.24, 2.45) is 0 Å². The molecule has 19 heavy (non-hydrogen) atoms. The first-order valence-corrected chi connectivity index (χ1v) is 6.82. The third-order valence-electron chi connectivity index (χ3n) is 3.63. The Balaban J connectivity index is 1.89. The molecule has 0 radical (unpaired) electrons. The fourth-order valence-electron chi connectivity index (χ4n) is 2.77. The average molecular weight is 258 g/mol. The number of hydrogen-bond donors (Lipinski definition) is 1. The standard InChI is InChI=1S/C15H18N2O2/c1-10(18)9-14-16-15(17-19-14)13-8-4-6-11-5-2-3-7-12(11)13/h2-3,5,7,10,13,18H,4,6,8-9H2,1H3. The maximum Gasteiger partial charge on any atom is 0.229 e. The SMILES string of the molecule is CC(O)Cc1nc(C2CCCc3ccccc32)no1. The summed E-state index contributed by atoms with van der Waals surface area (Å²) >= 11 is 0. The topological polar surface area (TPSA) is 59.2 Å². The lowest BCUT2D eigenvalue weighted by molar-refractivity contribution is 0.181. The summed E-state index contributed by atoms with van der Waals surface area (Å²) in [6.07, 6.45) is 3.31. The van der Waals surface area contributed by atoms with E-state index in [0.717, 1.165) is 25.1 Å². The second-order valence-electron chi connectivity index (χ2n) is 5.24. The van der Waals surface area contributed by atoms with Crippen LogP contribution in [0.2, 0.25) is 0 Å². The lowest BCUT2D eigenvalue weighted by atomic mass is 9.82. The van der Waals surface area contributed by atoms with Crippen molar-refractivity contribution in [1.82, 2.24) is 10.1 Å². The Morgan fingerprint density at radius 1 is 1.42 bits per heavy atom. The van der Waals surface area contributed by atoms with Crippen LogP contribution in [0.4, 0.5) is 0 Å². The smallest absolute Gasteiger partial charge is 0.229 e. The number of nitrogens with zero attached hydrogens (tertiary/aromatic N) is 2. The van der Waals surface area contributed by atoms with Crippen molar-refractivity contribution in [3.05, 3.63) is 47.1 Å². The molecular weight excluding hydrogens is 240 g/mol. The van der Waals surface area contributed by atoms with Gasteiger partial charge >= 0.3 is 0 Å². The molecule has 100 valence electrons. The molecule has 1 aliphatic carbocycles. The molecule has 0 saturated heterocycles. The zero-order valence-corrected chi connectivity index (χ0v) is 11.0. The van der Waals surface area contributed by atoms with Gasteiger partial charge in [-0.2, -0.15) is 4.98 Å². The number of rotatable bonds is 3. The van der Waals surface area contributed by atoms with Crippen LogP contribution < -0.4 is 0 Å². The van der Waals surface area contributed by atoms with Gasteiger partial charge in [0.2, 0.25) is 5.89 Å². The number of aliphatic hydroxyl groups is 1. The van der Waals surface area contributed by atoms with Gasteiger partial charge in [-0.1, -0.05) is 29.4 Å². The maximum absolute atomic E-state index is 9.36. The summed E-state index contributed by atoms with van der Waals surface area (Å²) in [6.45, 7) is 1.72. The highest BCUT2D eigenvalue weighted by Crippen LogP contribution is 2.35. The van der Waals surface area contributed by atoms with Gasteiger partial charge in [-0.3, -0.25) is 0 Å². The van der Waals surface area contributed by atoms with Gasteiger partial charge in [0, 0.05) is 5.92 Å². The van der Waals surface area contributed by atoms with E-state index >= 15 is 0 Å². The van der Waals surface area contributed by atoms with Crippen molar-refractivity contribution in [3.8, 4) is 0 Å². The van der Waals surface area contributed by atoms with Crippen molar-refractivity contribution >= 4 is 0 Å². The molecule has 0 saturated carbocycles. The molecule has 0 aliphatic heterocycles. The first kappa shape index (κ1) is 12.4. The zero-order chi connectivity index (χ0) is 13.2. The van der Waals surface area contributed by atoms with Crippen molar-refractivity contribution in [2.75, 3.05) is 0 Å². The molecule has 1 aromatic carbocycles. The summed E-state index contributed by atoms with van der Waals surface area (Å²) in [4.78, 5) is 4.44. The quantitative estimate of drug-likeness (QED) is 0.918. The van der Waals surface area contributed by atoms with E-state index < -0.39 is 6.10 Å². The highest BCUT2D eigenvalue weighted by Gasteiger charge is 2.25. The molecule has 4 nitrogen and oxygen atoms in total. The van der Waals surface area contributed by atoms with Crippen LogP contribution in [0, 0.1) is 0 Å². The van der Waals surface area contributed by atoms with Gasteiger partial charge in [-0.15, -0.1) is 0 Å². The Labute approximate surface area is 112 Å². The molecule has 2 unspecified atom stereocenters. The first-order chi connectivity index (χ1) is 9.24. The predicted molar refractivity (Wildman–Crippen MR) is 70.9 cm³/mol. The number of fused-ring (bicyclic) bond motifs is 1. The first-order valence-electron chi connectivity index (χ1n) is 6.82. The Hall–Kier alpha value is -1.68. The monoisotopic (exact) mass is 258 g/mol. The number of aryl methyl sites for hydroxylation is 1. The van der Waals surface area contributed by atoms with Crippen LogP contribution in [0.25, 0.3) is 0 Å². The fourth-order valence-corrected chi connectivity index (χ4v) is 2.77. The second kappa shape index (κ2) is 5.13. The van der Waals surface area contributed by atoms with Gasteiger partial charge < -0.3 is 9.63 Å². The van der Waals surface area contributed by atoms with Crippen molar-refractivity contribution < 1.29 is 9.63 Å². The molecule has 0 spiro atoms. The van der Waals surface area contributed by atoms with Gasteiger partial charge in [-0.25, -0.2) is 0 Å². The van der Waals surface area contributed by atoms with Crippen LogP contribution in [0.3, 0.4) is 0 Å². The van der Waals surface area contributed by atoms with E-state index in [9.17, 15) is 5.11 Å². The van der Waals surface area contributed by atoms with E-state index in [2.05, 4.69) is 34.4 Å². The normalized spacial score (nSPS) is 20.0. The van der Waals surface area contributed by atoms with Crippen LogP contribution in [0.5, 0.6) is 0 Å². The Morgan fingerprint density at radius 3 is 3.11 bits per heavy atom. The minimum atomic E-state index is -0.452. The van der Waals surface area contributed by atoms with Gasteiger partial charge in [-0.05, 0) is 37.3 Å². The van der Waals surface area contributed by atoms with E-state index in [1.54, 1.807) is 6.92 Å². The van der Waals surface area contributed by atoms with Crippen LogP contribution in [-0.2, 0) is 12.8 Å². The van der Waals surface area contributed by atoms with E-state index in [0.29, 0.717) is 12.3 Å². The number of aromatic nitrogens is 2. The number of hydrogen-bond acceptors (Lipinski definition) is 4. The summed E-state index contributed by atoms with van der Waals surface area (Å²) in [7, 11) is 0. The lowest BCUT2D eigenvalue weighted by Gasteiger charge is -2.22. The predicted octanol–water partition coefficient (Wildman–Crippen LogP) is 2.46. The van der Waals surface area contributed by atoms with E-state index in [1.165, 1.54) is 11.1 Å². The zero-order valence-electron chi connectivity index (χ0n) is 11.0. The minimum absolute atomic E-state index is 0.233. The van der Waals surface area contributed by atoms with Crippen LogP contribution in [0.15, 0.2) is 28.8 Å². The molecule has 0 fully saturated rings. The average Bonchev–Trinajstić information content (AvgIpc) is 2.85. The maximum atomic E-state index is 9.36. The van der Waals surface area contributed by atoms with Crippen molar-refractivity contribution in [1.29, 1.82) is 0 Å².